The summed E-state index contributed by atoms with van der Waals surface area (Å²) < 4.78 is 14.5. The number of carbonyl (C=O) groups is 2. The Balaban J connectivity index is 4.21. The smallest absolute Gasteiger partial charge is 0.349 e. The monoisotopic (exact) mass is 232 g/mol. The molecule has 0 rings (SSSR count). The lowest BCUT2D eigenvalue weighted by Gasteiger charge is -2.21. The van der Waals surface area contributed by atoms with E-state index < -0.39 is 29.7 Å². The van der Waals surface area contributed by atoms with Crippen molar-refractivity contribution in [1.29, 1.82) is 0 Å². The highest BCUT2D eigenvalue weighted by atomic mass is 16.7. The van der Waals surface area contributed by atoms with Crippen molar-refractivity contribution in [2.75, 3.05) is 7.11 Å². The summed E-state index contributed by atoms with van der Waals surface area (Å²) in [6, 6.07) is 0. The van der Waals surface area contributed by atoms with Gasteiger partial charge in [0.15, 0.2) is 12.4 Å². The Morgan fingerprint density at radius 1 is 1.06 bits per heavy atom. The van der Waals surface area contributed by atoms with Crippen molar-refractivity contribution >= 4 is 11.9 Å². The van der Waals surface area contributed by atoms with Gasteiger partial charge in [0.25, 0.3) is 0 Å². The van der Waals surface area contributed by atoms with Crippen LogP contribution in [0.5, 0.6) is 0 Å². The molecule has 0 aromatic rings. The van der Waals surface area contributed by atoms with Gasteiger partial charge in [-0.25, -0.2) is 4.79 Å². The third-order valence-electron chi connectivity index (χ3n) is 1.84. The zero-order valence-corrected chi connectivity index (χ0v) is 10.7. The molecule has 0 heterocycles. The van der Waals surface area contributed by atoms with Crippen LogP contribution in [0.4, 0.5) is 0 Å². The Morgan fingerprint density at radius 2 is 1.56 bits per heavy atom. The topological polar surface area (TPSA) is 61.8 Å². The summed E-state index contributed by atoms with van der Waals surface area (Å²) in [6.07, 6.45) is -1.58. The summed E-state index contributed by atoms with van der Waals surface area (Å²) in [5.74, 6) is -1.06. The maximum atomic E-state index is 11.5. The van der Waals surface area contributed by atoms with E-state index >= 15 is 0 Å². The molecule has 0 fully saturated rings. The van der Waals surface area contributed by atoms with Crippen LogP contribution < -0.4 is 0 Å². The second kappa shape index (κ2) is 5.84. The third-order valence-corrected chi connectivity index (χ3v) is 1.84. The predicted octanol–water partition coefficient (Wildman–Crippen LogP) is 1.50. The van der Waals surface area contributed by atoms with Gasteiger partial charge >= 0.3 is 11.9 Å². The molecule has 16 heavy (non-hydrogen) atoms. The van der Waals surface area contributed by atoms with Crippen molar-refractivity contribution in [3.8, 4) is 0 Å². The zero-order valence-electron chi connectivity index (χ0n) is 10.7. The summed E-state index contributed by atoms with van der Waals surface area (Å²) in [5, 5.41) is 0. The minimum atomic E-state index is -0.927. The highest BCUT2D eigenvalue weighted by molar-refractivity contribution is 5.81. The van der Waals surface area contributed by atoms with E-state index in [9.17, 15) is 9.59 Å². The van der Waals surface area contributed by atoms with Crippen molar-refractivity contribution in [2.45, 2.75) is 47.0 Å². The van der Waals surface area contributed by atoms with Crippen LogP contribution in [-0.4, -0.2) is 31.4 Å². The summed E-state index contributed by atoms with van der Waals surface area (Å²) in [6.45, 7) is 8.19. The number of rotatable bonds is 4. The molecule has 0 aromatic carbocycles. The van der Waals surface area contributed by atoms with Gasteiger partial charge in [-0.3, -0.25) is 4.79 Å². The molecule has 94 valence electrons. The van der Waals surface area contributed by atoms with Gasteiger partial charge in [0, 0.05) is 7.11 Å². The van der Waals surface area contributed by atoms with E-state index in [4.69, 9.17) is 14.2 Å². The molecule has 0 aliphatic rings. The molecule has 0 aliphatic carbocycles. The maximum absolute atomic E-state index is 11.5. The molecule has 2 atom stereocenters. The Morgan fingerprint density at radius 3 is 1.94 bits per heavy atom. The maximum Gasteiger partial charge on any atom is 0.349 e. The lowest BCUT2D eigenvalue weighted by molar-refractivity contribution is -0.187. The van der Waals surface area contributed by atoms with Crippen LogP contribution in [0.2, 0.25) is 0 Å². The van der Waals surface area contributed by atoms with Gasteiger partial charge in [-0.05, 0) is 34.6 Å². The molecule has 0 radical (unpaired) electrons. The lowest BCUT2D eigenvalue weighted by atomic mass is 9.97. The van der Waals surface area contributed by atoms with E-state index in [1.807, 2.05) is 0 Å². The van der Waals surface area contributed by atoms with Gasteiger partial charge in [0.05, 0.1) is 5.41 Å². The van der Waals surface area contributed by atoms with Crippen molar-refractivity contribution < 1.29 is 23.8 Å². The van der Waals surface area contributed by atoms with E-state index in [1.54, 1.807) is 27.7 Å². The first kappa shape index (κ1) is 14.9. The number of ether oxygens (including phenoxy) is 3. The van der Waals surface area contributed by atoms with Crippen molar-refractivity contribution in [3.05, 3.63) is 0 Å². The largest absolute Gasteiger partial charge is 0.450 e. The first-order valence-electron chi connectivity index (χ1n) is 5.13. The minimum Gasteiger partial charge on any atom is -0.450 e. The highest BCUT2D eigenvalue weighted by Crippen LogP contribution is 2.16. The van der Waals surface area contributed by atoms with E-state index in [-0.39, 0.29) is 0 Å². The van der Waals surface area contributed by atoms with Crippen molar-refractivity contribution in [2.24, 2.45) is 5.41 Å². The normalized spacial score (nSPS) is 15.1. The Hall–Kier alpha value is -1.10. The van der Waals surface area contributed by atoms with E-state index in [2.05, 4.69) is 0 Å². The predicted molar refractivity (Wildman–Crippen MR) is 57.6 cm³/mol. The Bertz CT molecular complexity index is 254. The summed E-state index contributed by atoms with van der Waals surface area (Å²) >= 11 is 0. The van der Waals surface area contributed by atoms with Crippen LogP contribution in [0.15, 0.2) is 0 Å². The van der Waals surface area contributed by atoms with Crippen LogP contribution in [0.25, 0.3) is 0 Å². The Kier molecular flexibility index (Phi) is 5.44. The molecule has 0 bridgehead atoms. The van der Waals surface area contributed by atoms with Crippen LogP contribution in [0.3, 0.4) is 0 Å². The van der Waals surface area contributed by atoms with Gasteiger partial charge in [0.1, 0.15) is 0 Å². The van der Waals surface area contributed by atoms with Crippen LogP contribution in [0.1, 0.15) is 34.6 Å². The van der Waals surface area contributed by atoms with Crippen LogP contribution in [-0.2, 0) is 23.8 Å². The van der Waals surface area contributed by atoms with Crippen molar-refractivity contribution in [3.63, 3.8) is 0 Å². The zero-order chi connectivity index (χ0) is 12.9. The number of methoxy groups -OCH3 is 1. The number of hydrogen-bond acceptors (Lipinski definition) is 5. The lowest BCUT2D eigenvalue weighted by Crippen LogP contribution is -2.33. The van der Waals surface area contributed by atoms with E-state index in [1.165, 1.54) is 14.0 Å². The molecule has 0 saturated heterocycles. The fraction of sp³-hybridized carbons (Fsp3) is 0.818. The van der Waals surface area contributed by atoms with E-state index in [0.29, 0.717) is 0 Å². The molecule has 0 spiro atoms. The first-order chi connectivity index (χ1) is 7.18. The van der Waals surface area contributed by atoms with E-state index in [0.717, 1.165) is 0 Å². The molecule has 0 N–H and O–H groups in total. The highest BCUT2D eigenvalue weighted by Gasteiger charge is 2.28. The fourth-order valence-electron chi connectivity index (χ4n) is 0.693. The van der Waals surface area contributed by atoms with Gasteiger partial charge in [-0.1, -0.05) is 0 Å². The molecular formula is C11H20O5. The van der Waals surface area contributed by atoms with Gasteiger partial charge in [0.2, 0.25) is 0 Å². The minimum absolute atomic E-state index is 0.443. The standard InChI is InChI=1S/C11H20O5/c1-7(9(12)16-8(2)14-6)15-10(13)11(3,4)5/h7-8H,1-6H3. The Labute approximate surface area is 96.1 Å². The molecule has 0 aliphatic heterocycles. The third kappa shape index (κ3) is 5.11. The second-order valence-electron chi connectivity index (χ2n) is 4.54. The van der Waals surface area contributed by atoms with Crippen LogP contribution >= 0.6 is 0 Å². The first-order valence-corrected chi connectivity index (χ1v) is 5.13. The average molecular weight is 232 g/mol. The molecule has 5 nitrogen and oxygen atoms in total. The molecule has 0 amide bonds. The fourth-order valence-corrected chi connectivity index (χ4v) is 0.693. The summed E-state index contributed by atoms with van der Waals surface area (Å²) in [4.78, 5) is 22.9. The number of hydrogen-bond donors (Lipinski definition) is 0. The molecule has 0 aromatic heterocycles. The summed E-state index contributed by atoms with van der Waals surface area (Å²) in [5.41, 5.74) is -0.637. The molecular weight excluding hydrogens is 212 g/mol. The van der Waals surface area contributed by atoms with Gasteiger partial charge < -0.3 is 14.2 Å². The molecule has 2 unspecified atom stereocenters. The number of carbonyl (C=O) groups excluding carboxylic acids is 2. The van der Waals surface area contributed by atoms with Crippen molar-refractivity contribution in [1.82, 2.24) is 0 Å². The number of esters is 2. The SMILES string of the molecule is COC(C)OC(=O)C(C)OC(=O)C(C)(C)C. The summed E-state index contributed by atoms with van der Waals surface area (Å²) in [7, 11) is 1.42. The quantitative estimate of drug-likeness (QED) is 0.543. The average Bonchev–Trinajstić information content (AvgIpc) is 2.15. The van der Waals surface area contributed by atoms with Gasteiger partial charge in [-0.15, -0.1) is 0 Å². The molecule has 5 heteroatoms. The van der Waals surface area contributed by atoms with Gasteiger partial charge in [-0.2, -0.15) is 0 Å². The second-order valence-corrected chi connectivity index (χ2v) is 4.54. The van der Waals surface area contributed by atoms with Crippen LogP contribution in [0, 0.1) is 5.41 Å². The molecule has 0 saturated carbocycles.